The Morgan fingerprint density at radius 1 is 1.17 bits per heavy atom. The first-order valence-electron chi connectivity index (χ1n) is 16.9. The van der Waals surface area contributed by atoms with Crippen LogP contribution in [0.15, 0.2) is 66.2 Å². The standard InChI is InChI=1S/C38H45N5O5/c1-7-24-20-43-16-14-25(24)18-33(43)35(27-13-15-39-31-12-10-26(47-6)19-29(27)31)48-38(46)32(17-22(3)4)41-37(45)30-21-42(8-2)36-28(34(30)44)11-9-23(5)40-36/h7,9-13,15,19,21-22,24-25,32-33,35H,1,8,14,16-18,20H2,2-6H3,(H,41,45)/t24-,25-,32-,33-,35+/m0/s1. The number of benzene rings is 1. The number of carbonyl (C=O) groups is 2. The topological polar surface area (TPSA) is 116 Å². The summed E-state index contributed by atoms with van der Waals surface area (Å²) in [6.45, 7) is 14.1. The number of hydrogen-bond donors (Lipinski definition) is 1. The fraction of sp³-hybridized carbons (Fsp3) is 0.447. The number of amides is 1. The molecule has 0 spiro atoms. The van der Waals surface area contributed by atoms with E-state index in [-0.39, 0.29) is 17.5 Å². The van der Waals surface area contributed by atoms with Crippen LogP contribution in [-0.4, -0.2) is 63.6 Å². The number of nitrogens with zero attached hydrogens (tertiary/aromatic N) is 4. The molecular formula is C38H45N5O5. The van der Waals surface area contributed by atoms with Crippen molar-refractivity contribution in [1.82, 2.24) is 24.8 Å². The Bertz CT molecular complexity index is 1920. The van der Waals surface area contributed by atoms with Crippen LogP contribution in [0.3, 0.4) is 0 Å². The van der Waals surface area contributed by atoms with Crippen LogP contribution < -0.4 is 15.5 Å². The summed E-state index contributed by atoms with van der Waals surface area (Å²) in [6, 6.07) is 10.0. The van der Waals surface area contributed by atoms with Crippen LogP contribution in [0.2, 0.25) is 0 Å². The molecule has 1 N–H and O–H groups in total. The van der Waals surface area contributed by atoms with Gasteiger partial charge in [0.15, 0.2) is 0 Å². The lowest BCUT2D eigenvalue weighted by Crippen LogP contribution is -2.56. The van der Waals surface area contributed by atoms with Gasteiger partial charge in [0, 0.05) is 42.1 Å². The number of piperidine rings is 3. The molecule has 48 heavy (non-hydrogen) atoms. The number of rotatable bonds is 11. The van der Waals surface area contributed by atoms with Crippen LogP contribution in [0.25, 0.3) is 21.9 Å². The molecule has 4 aromatic rings. The van der Waals surface area contributed by atoms with Crippen LogP contribution >= 0.6 is 0 Å². The van der Waals surface area contributed by atoms with Crippen LogP contribution in [0.4, 0.5) is 0 Å². The molecule has 6 atom stereocenters. The Morgan fingerprint density at radius 3 is 2.67 bits per heavy atom. The lowest BCUT2D eigenvalue weighted by Gasteiger charge is -2.51. The third-order valence-electron chi connectivity index (χ3n) is 9.98. The van der Waals surface area contributed by atoms with Gasteiger partial charge in [-0.05, 0) is 93.8 Å². The minimum Gasteiger partial charge on any atom is -0.497 e. The molecule has 10 nitrogen and oxygen atoms in total. The molecule has 3 aromatic heterocycles. The molecule has 252 valence electrons. The monoisotopic (exact) mass is 651 g/mol. The third-order valence-corrected chi connectivity index (χ3v) is 9.98. The highest BCUT2D eigenvalue weighted by atomic mass is 16.5. The van der Waals surface area contributed by atoms with E-state index in [1.165, 1.54) is 6.20 Å². The van der Waals surface area contributed by atoms with Crippen molar-refractivity contribution < 1.29 is 19.1 Å². The van der Waals surface area contributed by atoms with Crippen molar-refractivity contribution in [1.29, 1.82) is 0 Å². The molecule has 2 bridgehead atoms. The minimum atomic E-state index is -0.972. The summed E-state index contributed by atoms with van der Waals surface area (Å²) in [5.74, 6) is 0.429. The summed E-state index contributed by atoms with van der Waals surface area (Å²) < 4.78 is 13.9. The molecule has 10 heteroatoms. The first-order chi connectivity index (χ1) is 23.1. The highest BCUT2D eigenvalue weighted by Gasteiger charge is 2.45. The molecule has 0 aliphatic carbocycles. The van der Waals surface area contributed by atoms with E-state index in [4.69, 9.17) is 9.47 Å². The maximum atomic E-state index is 14.3. The maximum Gasteiger partial charge on any atom is 0.329 e. The molecule has 3 aliphatic rings. The SMILES string of the molecule is C=C[C@H]1CN2CC[C@H]1C[C@H]2[C@H](OC(=O)[C@H](CC(C)C)NC(=O)c1cn(CC)c2nc(C)ccc2c1=O)c1ccnc2ccc(OC)cc12. The van der Waals surface area contributed by atoms with Gasteiger partial charge in [0.05, 0.1) is 24.1 Å². The molecule has 1 unspecified atom stereocenters. The molecule has 0 radical (unpaired) electrons. The Labute approximate surface area is 281 Å². The van der Waals surface area contributed by atoms with E-state index in [1.807, 2.05) is 58.0 Å². The predicted molar refractivity (Wildman–Crippen MR) is 186 cm³/mol. The minimum absolute atomic E-state index is 0.0356. The summed E-state index contributed by atoms with van der Waals surface area (Å²) in [5, 5.41) is 4.10. The van der Waals surface area contributed by atoms with Crippen molar-refractivity contribution in [3.05, 3.63) is 88.5 Å². The Kier molecular flexibility index (Phi) is 9.64. The Morgan fingerprint density at radius 2 is 1.98 bits per heavy atom. The molecular weight excluding hydrogens is 606 g/mol. The average molecular weight is 652 g/mol. The first kappa shape index (κ1) is 33.3. The van der Waals surface area contributed by atoms with Gasteiger partial charge in [0.2, 0.25) is 5.43 Å². The quantitative estimate of drug-likeness (QED) is 0.165. The van der Waals surface area contributed by atoms with E-state index >= 15 is 0 Å². The number of hydrogen-bond acceptors (Lipinski definition) is 8. The van der Waals surface area contributed by atoms with E-state index in [9.17, 15) is 14.4 Å². The second kappa shape index (κ2) is 13.9. The van der Waals surface area contributed by atoms with Gasteiger partial charge in [-0.2, -0.15) is 0 Å². The van der Waals surface area contributed by atoms with Gasteiger partial charge in [-0.1, -0.05) is 19.9 Å². The molecule has 7 rings (SSSR count). The Hall–Kier alpha value is -4.57. The van der Waals surface area contributed by atoms with Crippen molar-refractivity contribution in [3.63, 3.8) is 0 Å². The molecule has 0 saturated carbocycles. The van der Waals surface area contributed by atoms with Crippen molar-refractivity contribution in [2.75, 3.05) is 20.2 Å². The van der Waals surface area contributed by atoms with Crippen LogP contribution in [0, 0.1) is 24.7 Å². The van der Waals surface area contributed by atoms with Crippen LogP contribution in [0.1, 0.15) is 67.8 Å². The highest BCUT2D eigenvalue weighted by Crippen LogP contribution is 2.44. The summed E-state index contributed by atoms with van der Waals surface area (Å²) in [4.78, 5) is 53.2. The summed E-state index contributed by atoms with van der Waals surface area (Å²) in [5.41, 5.74) is 2.46. The van der Waals surface area contributed by atoms with Gasteiger partial charge >= 0.3 is 5.97 Å². The van der Waals surface area contributed by atoms with E-state index in [0.29, 0.717) is 41.6 Å². The lowest BCUT2D eigenvalue weighted by molar-refractivity contribution is -0.160. The van der Waals surface area contributed by atoms with Crippen molar-refractivity contribution in [3.8, 4) is 5.75 Å². The number of fused-ring (bicyclic) bond motifs is 5. The number of pyridine rings is 3. The molecule has 3 fully saturated rings. The van der Waals surface area contributed by atoms with Crippen molar-refractivity contribution in [2.24, 2.45) is 17.8 Å². The number of aromatic nitrogens is 3. The van der Waals surface area contributed by atoms with E-state index in [0.717, 1.165) is 48.1 Å². The van der Waals surface area contributed by atoms with Gasteiger partial charge in [0.25, 0.3) is 5.91 Å². The first-order valence-corrected chi connectivity index (χ1v) is 16.9. The van der Waals surface area contributed by atoms with Gasteiger partial charge in [-0.15, -0.1) is 6.58 Å². The fourth-order valence-corrected chi connectivity index (χ4v) is 7.45. The van der Waals surface area contributed by atoms with Crippen LogP contribution in [0.5, 0.6) is 5.75 Å². The number of methoxy groups -OCH3 is 1. The number of esters is 1. The molecule has 6 heterocycles. The van der Waals surface area contributed by atoms with E-state index < -0.39 is 29.5 Å². The zero-order valence-electron chi connectivity index (χ0n) is 28.4. The highest BCUT2D eigenvalue weighted by molar-refractivity contribution is 5.99. The van der Waals surface area contributed by atoms with Crippen LogP contribution in [-0.2, 0) is 16.1 Å². The maximum absolute atomic E-state index is 14.3. The van der Waals surface area contributed by atoms with E-state index in [1.54, 1.807) is 30.0 Å². The number of aryl methyl sites for hydroxylation is 2. The molecule has 1 aromatic carbocycles. The fourth-order valence-electron chi connectivity index (χ4n) is 7.45. The smallest absolute Gasteiger partial charge is 0.329 e. The van der Waals surface area contributed by atoms with Gasteiger partial charge in [0.1, 0.15) is 29.1 Å². The van der Waals surface area contributed by atoms with Crippen molar-refractivity contribution >= 4 is 33.8 Å². The zero-order chi connectivity index (χ0) is 34.1. The number of ether oxygens (including phenoxy) is 2. The zero-order valence-corrected chi connectivity index (χ0v) is 28.4. The van der Waals surface area contributed by atoms with Gasteiger partial charge < -0.3 is 19.4 Å². The summed E-state index contributed by atoms with van der Waals surface area (Å²) in [7, 11) is 1.62. The molecule has 1 amide bonds. The lowest BCUT2D eigenvalue weighted by atomic mass is 9.73. The number of nitrogens with one attached hydrogen (secondary N) is 1. The second-order valence-corrected chi connectivity index (χ2v) is 13.5. The van der Waals surface area contributed by atoms with Gasteiger partial charge in [-0.25, -0.2) is 9.78 Å². The summed E-state index contributed by atoms with van der Waals surface area (Å²) in [6.07, 6.45) is 6.97. The number of carbonyl (C=O) groups excluding carboxylic acids is 2. The predicted octanol–water partition coefficient (Wildman–Crippen LogP) is 5.61. The largest absolute Gasteiger partial charge is 0.497 e. The normalized spacial score (nSPS) is 21.6. The third kappa shape index (κ3) is 6.45. The average Bonchev–Trinajstić information content (AvgIpc) is 3.09. The second-order valence-electron chi connectivity index (χ2n) is 13.5. The van der Waals surface area contributed by atoms with Gasteiger partial charge in [-0.3, -0.25) is 19.5 Å². The van der Waals surface area contributed by atoms with E-state index in [2.05, 4.69) is 26.8 Å². The van der Waals surface area contributed by atoms with Crippen molar-refractivity contribution in [2.45, 2.75) is 71.7 Å². The molecule has 3 aliphatic heterocycles. The summed E-state index contributed by atoms with van der Waals surface area (Å²) >= 11 is 0. The molecule has 3 saturated heterocycles. The Balaban J connectivity index is 1.36.